The Morgan fingerprint density at radius 3 is 2.82 bits per heavy atom. The van der Waals surface area contributed by atoms with Crippen LogP contribution in [0.1, 0.15) is 15.2 Å². The molecule has 5 nitrogen and oxygen atoms in total. The molecule has 1 amide bonds. The van der Waals surface area contributed by atoms with E-state index >= 15 is 0 Å². The number of hydrogen-bond acceptors (Lipinski definition) is 4. The summed E-state index contributed by atoms with van der Waals surface area (Å²) in [5.41, 5.74) is 0.857. The quantitative estimate of drug-likeness (QED) is 0.911. The van der Waals surface area contributed by atoms with Gasteiger partial charge in [-0.2, -0.15) is 0 Å². The molecule has 1 aromatic carbocycles. The van der Waals surface area contributed by atoms with Crippen LogP contribution in [0.5, 0.6) is 0 Å². The summed E-state index contributed by atoms with van der Waals surface area (Å²) in [4.78, 5) is 12.1. The standard InChI is InChI=1S/C14H13FN2O3S2/c1-9-6-10(15)8-11(7-9)22(19,20)17-4-3-16-14(18)13-12(17)2-5-21-13/h2,5-8H,3-4H2,1H3,(H,16,18). The highest BCUT2D eigenvalue weighted by Gasteiger charge is 2.31. The van der Waals surface area contributed by atoms with E-state index in [1.165, 1.54) is 23.5 Å². The number of aryl methyl sites for hydroxylation is 1. The van der Waals surface area contributed by atoms with Gasteiger partial charge in [-0.15, -0.1) is 11.3 Å². The zero-order valence-corrected chi connectivity index (χ0v) is 13.3. The normalized spacial score (nSPS) is 15.2. The third-order valence-corrected chi connectivity index (χ3v) is 6.02. The number of rotatable bonds is 2. The minimum Gasteiger partial charge on any atom is -0.349 e. The van der Waals surface area contributed by atoms with Crippen molar-refractivity contribution >= 4 is 33.0 Å². The Morgan fingerprint density at radius 2 is 2.09 bits per heavy atom. The lowest BCUT2D eigenvalue weighted by Crippen LogP contribution is -2.35. The zero-order valence-electron chi connectivity index (χ0n) is 11.7. The van der Waals surface area contributed by atoms with Gasteiger partial charge in [-0.3, -0.25) is 9.10 Å². The van der Waals surface area contributed by atoms with Gasteiger partial charge in [0.05, 0.1) is 17.1 Å². The Hall–Kier alpha value is -1.93. The molecule has 0 fully saturated rings. The van der Waals surface area contributed by atoms with Gasteiger partial charge in [0.1, 0.15) is 10.7 Å². The molecular weight excluding hydrogens is 327 g/mol. The molecule has 0 saturated heterocycles. The van der Waals surface area contributed by atoms with Crippen LogP contribution in [-0.2, 0) is 10.0 Å². The molecule has 3 rings (SSSR count). The van der Waals surface area contributed by atoms with Gasteiger partial charge < -0.3 is 5.32 Å². The first-order chi connectivity index (χ1) is 10.4. The molecule has 0 atom stereocenters. The average molecular weight is 340 g/mol. The van der Waals surface area contributed by atoms with Crippen molar-refractivity contribution < 1.29 is 17.6 Å². The third-order valence-electron chi connectivity index (χ3n) is 3.32. The van der Waals surface area contributed by atoms with Crippen molar-refractivity contribution in [2.24, 2.45) is 0 Å². The molecule has 0 bridgehead atoms. The molecule has 2 heterocycles. The fraction of sp³-hybridized carbons (Fsp3) is 0.214. The molecule has 22 heavy (non-hydrogen) atoms. The topological polar surface area (TPSA) is 66.5 Å². The summed E-state index contributed by atoms with van der Waals surface area (Å²) in [5.74, 6) is -0.897. The number of nitrogens with zero attached hydrogens (tertiary/aromatic N) is 1. The smallest absolute Gasteiger partial charge is 0.264 e. The third kappa shape index (κ3) is 2.48. The summed E-state index contributed by atoms with van der Waals surface area (Å²) in [5, 5.41) is 4.32. The first-order valence-electron chi connectivity index (χ1n) is 6.55. The number of carbonyl (C=O) groups excluding carboxylic acids is 1. The highest BCUT2D eigenvalue weighted by atomic mass is 32.2. The number of halogens is 1. The van der Waals surface area contributed by atoms with Gasteiger partial charge in [0.2, 0.25) is 0 Å². The maximum Gasteiger partial charge on any atom is 0.264 e. The molecule has 0 aliphatic carbocycles. The van der Waals surface area contributed by atoms with E-state index in [1.807, 2.05) is 0 Å². The summed E-state index contributed by atoms with van der Waals surface area (Å²) >= 11 is 1.18. The fourth-order valence-electron chi connectivity index (χ4n) is 2.37. The zero-order chi connectivity index (χ0) is 15.9. The maximum atomic E-state index is 13.6. The fourth-order valence-corrected chi connectivity index (χ4v) is 4.83. The van der Waals surface area contributed by atoms with Crippen molar-refractivity contribution in [2.45, 2.75) is 11.8 Å². The Labute approximate surface area is 131 Å². The summed E-state index contributed by atoms with van der Waals surface area (Å²) in [6, 6.07) is 5.27. The highest BCUT2D eigenvalue weighted by Crippen LogP contribution is 2.32. The first-order valence-corrected chi connectivity index (χ1v) is 8.87. The van der Waals surface area contributed by atoms with Crippen molar-refractivity contribution in [3.05, 3.63) is 45.9 Å². The van der Waals surface area contributed by atoms with Gasteiger partial charge in [-0.05, 0) is 42.1 Å². The molecule has 2 aromatic rings. The number of fused-ring (bicyclic) bond motifs is 1. The predicted molar refractivity (Wildman–Crippen MR) is 82.3 cm³/mol. The Balaban J connectivity index is 2.13. The van der Waals surface area contributed by atoms with E-state index in [0.717, 1.165) is 10.4 Å². The van der Waals surface area contributed by atoms with Crippen LogP contribution in [0.4, 0.5) is 10.1 Å². The van der Waals surface area contributed by atoms with E-state index in [1.54, 1.807) is 18.4 Å². The minimum atomic E-state index is -3.93. The van der Waals surface area contributed by atoms with Crippen LogP contribution in [0, 0.1) is 12.7 Å². The van der Waals surface area contributed by atoms with Crippen LogP contribution < -0.4 is 9.62 Å². The maximum absolute atomic E-state index is 13.6. The molecule has 0 saturated carbocycles. The van der Waals surface area contributed by atoms with Crippen molar-refractivity contribution in [3.63, 3.8) is 0 Å². The average Bonchev–Trinajstić information content (AvgIpc) is 2.85. The van der Waals surface area contributed by atoms with Crippen molar-refractivity contribution in [1.82, 2.24) is 5.32 Å². The van der Waals surface area contributed by atoms with Crippen molar-refractivity contribution in [3.8, 4) is 0 Å². The van der Waals surface area contributed by atoms with Crippen LogP contribution in [0.15, 0.2) is 34.5 Å². The van der Waals surface area contributed by atoms with Crippen LogP contribution in [0.2, 0.25) is 0 Å². The van der Waals surface area contributed by atoms with Crippen LogP contribution in [-0.4, -0.2) is 27.4 Å². The number of amides is 1. The largest absolute Gasteiger partial charge is 0.349 e. The van der Waals surface area contributed by atoms with Crippen molar-refractivity contribution in [2.75, 3.05) is 17.4 Å². The lowest BCUT2D eigenvalue weighted by Gasteiger charge is -2.22. The lowest BCUT2D eigenvalue weighted by molar-refractivity contribution is 0.0962. The van der Waals surface area contributed by atoms with Crippen LogP contribution in [0.3, 0.4) is 0 Å². The van der Waals surface area contributed by atoms with E-state index in [4.69, 9.17) is 0 Å². The van der Waals surface area contributed by atoms with E-state index in [9.17, 15) is 17.6 Å². The van der Waals surface area contributed by atoms with Gasteiger partial charge in [0.15, 0.2) is 0 Å². The first kappa shape index (κ1) is 15.0. The number of anilines is 1. The SMILES string of the molecule is Cc1cc(F)cc(S(=O)(=O)N2CCNC(=O)c3sccc32)c1. The van der Waals surface area contributed by atoms with E-state index in [-0.39, 0.29) is 23.9 Å². The number of thiophene rings is 1. The monoisotopic (exact) mass is 340 g/mol. The molecular formula is C14H13FN2O3S2. The molecule has 0 unspecified atom stereocenters. The number of benzene rings is 1. The van der Waals surface area contributed by atoms with Crippen molar-refractivity contribution in [1.29, 1.82) is 0 Å². The number of nitrogens with one attached hydrogen (secondary N) is 1. The van der Waals surface area contributed by atoms with Gasteiger partial charge in [0, 0.05) is 6.54 Å². The van der Waals surface area contributed by atoms with Gasteiger partial charge in [-0.25, -0.2) is 12.8 Å². The van der Waals surface area contributed by atoms with E-state index in [2.05, 4.69) is 5.32 Å². The summed E-state index contributed by atoms with van der Waals surface area (Å²) in [6.07, 6.45) is 0. The number of sulfonamides is 1. The Kier molecular flexibility index (Phi) is 3.65. The molecule has 0 spiro atoms. The van der Waals surface area contributed by atoms with Crippen LogP contribution in [0.25, 0.3) is 0 Å². The summed E-state index contributed by atoms with van der Waals surface area (Å²) in [7, 11) is -3.93. The van der Waals surface area contributed by atoms with Gasteiger partial charge in [-0.1, -0.05) is 0 Å². The minimum absolute atomic E-state index is 0.105. The predicted octanol–water partition coefficient (Wildman–Crippen LogP) is 2.13. The Morgan fingerprint density at radius 1 is 1.32 bits per heavy atom. The number of hydrogen-bond donors (Lipinski definition) is 1. The second kappa shape index (κ2) is 5.36. The molecule has 1 aliphatic heterocycles. The second-order valence-electron chi connectivity index (χ2n) is 4.93. The molecule has 0 radical (unpaired) electrons. The Bertz CT molecular complexity index is 825. The summed E-state index contributed by atoms with van der Waals surface area (Å²) in [6.45, 7) is 1.94. The molecule has 1 aliphatic rings. The van der Waals surface area contributed by atoms with Gasteiger partial charge in [0.25, 0.3) is 15.9 Å². The number of carbonyl (C=O) groups is 1. The summed E-state index contributed by atoms with van der Waals surface area (Å²) < 4.78 is 40.4. The van der Waals surface area contributed by atoms with E-state index < -0.39 is 15.8 Å². The van der Waals surface area contributed by atoms with E-state index in [0.29, 0.717) is 16.1 Å². The highest BCUT2D eigenvalue weighted by molar-refractivity contribution is 7.92. The van der Waals surface area contributed by atoms with Crippen LogP contribution >= 0.6 is 11.3 Å². The van der Waals surface area contributed by atoms with Gasteiger partial charge >= 0.3 is 0 Å². The molecule has 116 valence electrons. The molecule has 8 heteroatoms. The lowest BCUT2D eigenvalue weighted by atomic mass is 10.2. The molecule has 1 aromatic heterocycles. The molecule has 1 N–H and O–H groups in total. The second-order valence-corrected chi connectivity index (χ2v) is 7.71.